The summed E-state index contributed by atoms with van der Waals surface area (Å²) in [6.45, 7) is 7.48. The number of furan rings is 3. The first-order chi connectivity index (χ1) is 33.1. The van der Waals surface area contributed by atoms with Crippen molar-refractivity contribution in [2.24, 2.45) is 0 Å². The zero-order chi connectivity index (χ0) is 51.4. The Hall–Kier alpha value is -7.97. The number of aromatic nitrogens is 1. The molecule has 8 rings (SSSR count). The summed E-state index contributed by atoms with van der Waals surface area (Å²) >= 11 is 5.50. The number of carbonyl (C=O) groups excluding carboxylic acids is 11. The van der Waals surface area contributed by atoms with Crippen LogP contribution in [-0.4, -0.2) is 71.6 Å². The van der Waals surface area contributed by atoms with E-state index in [9.17, 15) is 52.7 Å². The van der Waals surface area contributed by atoms with Gasteiger partial charge in [0.2, 0.25) is 0 Å². The summed E-state index contributed by atoms with van der Waals surface area (Å²) in [6, 6.07) is 22.1. The van der Waals surface area contributed by atoms with Crippen molar-refractivity contribution >= 4 is 118 Å². The van der Waals surface area contributed by atoms with E-state index < -0.39 is 0 Å². The molecule has 0 aliphatic heterocycles. The van der Waals surface area contributed by atoms with E-state index in [1.807, 2.05) is 28.3 Å². The Kier molecular flexibility index (Phi) is 30.2. The van der Waals surface area contributed by atoms with Crippen molar-refractivity contribution in [3.8, 4) is 0 Å². The standard InChI is InChI=1S/C7H6O3.C7H6O2S.C7H6O2.C6H7NO.C6H4O2S.C6H6O2.C6H6OS.C5H4OS/c2*1-5(9)7-3-2-6(4-8)10-7;8-5-1-3-7-4-2-6-9-7;1-5(8)6-3-2-4-7-6;7-3-5-1-2-9-6(5)4-8;2*1-5(7)6-2-3-8-4-6;6-4-5-2-1-3-7-5/h2*2-4H,1H3;1-6H;2-4,7H,1H3;1-4H;2*2-4H,1H3;1-4H/b;;3-1+;;;;;. The molecule has 0 unspecified atom stereocenters. The van der Waals surface area contributed by atoms with Gasteiger partial charge in [-0.05, 0) is 122 Å². The molecule has 0 bridgehead atoms. The quantitative estimate of drug-likeness (QED) is 0.0680. The zero-order valence-electron chi connectivity index (χ0n) is 37.6. The Morgan fingerprint density at radius 3 is 1.64 bits per heavy atom. The average Bonchev–Trinajstić information content (AvgIpc) is 4.22. The second-order valence-corrected chi connectivity index (χ2v) is 16.5. The summed E-state index contributed by atoms with van der Waals surface area (Å²) < 4.78 is 14.3. The number of hydrogen-bond donors (Lipinski definition) is 1. The van der Waals surface area contributed by atoms with E-state index in [1.54, 1.807) is 96.8 Å². The second kappa shape index (κ2) is 35.3. The summed E-state index contributed by atoms with van der Waals surface area (Å²) in [4.78, 5) is 118. The normalized spacial score (nSPS) is 9.23. The topological polar surface area (TPSA) is 243 Å². The maximum Gasteiger partial charge on any atom is 0.194 e. The third-order valence-electron chi connectivity index (χ3n) is 7.52. The summed E-state index contributed by atoms with van der Waals surface area (Å²) in [5, 5.41) is 7.34. The van der Waals surface area contributed by atoms with Crippen LogP contribution in [0, 0.1) is 0 Å². The molecule has 8 heterocycles. The number of rotatable bonds is 12. The van der Waals surface area contributed by atoms with Crippen molar-refractivity contribution in [2.75, 3.05) is 0 Å². The first-order valence-electron chi connectivity index (χ1n) is 19.6. The van der Waals surface area contributed by atoms with E-state index in [0.717, 1.165) is 23.0 Å². The number of ketones is 5. The van der Waals surface area contributed by atoms with Crippen molar-refractivity contribution in [3.05, 3.63) is 191 Å². The van der Waals surface area contributed by atoms with Crippen LogP contribution in [0.15, 0.2) is 145 Å². The Morgan fingerprint density at radius 2 is 1.30 bits per heavy atom. The average molecular weight is 1010 g/mol. The molecule has 8 aromatic rings. The van der Waals surface area contributed by atoms with E-state index in [-0.39, 0.29) is 40.4 Å². The number of H-pyrrole nitrogens is 1. The van der Waals surface area contributed by atoms with Crippen LogP contribution in [0.4, 0.5) is 0 Å². The van der Waals surface area contributed by atoms with Gasteiger partial charge in [0, 0.05) is 36.6 Å². The highest BCUT2D eigenvalue weighted by atomic mass is 32.1. The molecule has 69 heavy (non-hydrogen) atoms. The van der Waals surface area contributed by atoms with Gasteiger partial charge in [-0.1, -0.05) is 6.07 Å². The highest BCUT2D eigenvalue weighted by Crippen LogP contribution is 2.14. The van der Waals surface area contributed by atoms with Crippen LogP contribution in [0.3, 0.4) is 0 Å². The number of aldehydes is 6. The van der Waals surface area contributed by atoms with Gasteiger partial charge in [-0.3, -0.25) is 52.7 Å². The lowest BCUT2D eigenvalue weighted by molar-refractivity contribution is -0.104. The van der Waals surface area contributed by atoms with Crippen molar-refractivity contribution in [1.29, 1.82) is 0 Å². The SMILES string of the molecule is CC(=O)c1ccc(C=O)o1.CC(=O)c1ccc(C=O)s1.CC(=O)c1ccc[nH]1.CC(=O)c1ccoc1.CC(=O)c1ccsc1.O=C/C=C/c1ccco1.O=Cc1cccs1.O=Cc1ccsc1C=O. The molecule has 0 aliphatic rings. The Morgan fingerprint density at radius 1 is 0.565 bits per heavy atom. The maximum atomic E-state index is 10.7. The molecule has 0 saturated heterocycles. The maximum absolute atomic E-state index is 10.7. The van der Waals surface area contributed by atoms with Gasteiger partial charge in [0.15, 0.2) is 71.9 Å². The molecule has 0 aromatic carbocycles. The Balaban J connectivity index is 0.000000395. The largest absolute Gasteiger partial charge is 0.472 e. The van der Waals surface area contributed by atoms with Crippen molar-refractivity contribution in [2.45, 2.75) is 34.6 Å². The number of Topliss-reactive ketones (excluding diaryl/α,β-unsaturated/α-hetero) is 5. The molecule has 0 fully saturated rings. The summed E-state index contributed by atoms with van der Waals surface area (Å²) in [6.07, 6.45) is 13.4. The fourth-order valence-corrected chi connectivity index (χ4v) is 6.70. The van der Waals surface area contributed by atoms with Crippen LogP contribution < -0.4 is 0 Å². The van der Waals surface area contributed by atoms with Crippen LogP contribution >= 0.6 is 45.3 Å². The summed E-state index contributed by atoms with van der Waals surface area (Å²) in [5.41, 5.74) is 2.60. The van der Waals surface area contributed by atoms with Gasteiger partial charge in [-0.25, -0.2) is 0 Å². The number of nitrogens with one attached hydrogen (secondary N) is 1. The van der Waals surface area contributed by atoms with Crippen LogP contribution in [-0.2, 0) is 4.79 Å². The number of allylic oxidation sites excluding steroid dienone is 1. The highest BCUT2D eigenvalue weighted by Gasteiger charge is 2.04. The summed E-state index contributed by atoms with van der Waals surface area (Å²) in [5.74, 6) is 1.21. The first kappa shape index (κ1) is 59.0. The molecule has 0 radical (unpaired) electrons. The van der Waals surface area contributed by atoms with Crippen molar-refractivity contribution in [3.63, 3.8) is 0 Å². The molecule has 8 aromatic heterocycles. The van der Waals surface area contributed by atoms with Crippen LogP contribution in [0.1, 0.15) is 142 Å². The molecule has 19 heteroatoms. The van der Waals surface area contributed by atoms with Gasteiger partial charge in [-0.15, -0.1) is 34.0 Å². The fraction of sp³-hybridized carbons (Fsp3) is 0.100. The minimum atomic E-state index is -0.173. The lowest BCUT2D eigenvalue weighted by Crippen LogP contribution is -1.89. The molecule has 0 spiro atoms. The third kappa shape index (κ3) is 25.5. The number of carbonyl (C=O) groups is 11. The molecule has 15 nitrogen and oxygen atoms in total. The molecule has 0 amide bonds. The van der Waals surface area contributed by atoms with Crippen molar-refractivity contribution in [1.82, 2.24) is 4.98 Å². The minimum absolute atomic E-state index is 0.0121. The van der Waals surface area contributed by atoms with Gasteiger partial charge < -0.3 is 18.2 Å². The van der Waals surface area contributed by atoms with E-state index in [0.29, 0.717) is 62.4 Å². The number of thiophene rings is 4. The van der Waals surface area contributed by atoms with Crippen LogP contribution in [0.25, 0.3) is 6.08 Å². The predicted molar refractivity (Wildman–Crippen MR) is 266 cm³/mol. The van der Waals surface area contributed by atoms with Crippen molar-refractivity contribution < 1.29 is 66.0 Å². The molecular formula is C50H45NO14S4. The van der Waals surface area contributed by atoms with Gasteiger partial charge in [-0.2, -0.15) is 11.3 Å². The molecule has 0 aliphatic carbocycles. The van der Waals surface area contributed by atoms with Gasteiger partial charge in [0.05, 0.1) is 43.3 Å². The lowest BCUT2D eigenvalue weighted by atomic mass is 10.2. The molecular weight excluding hydrogens is 967 g/mol. The lowest BCUT2D eigenvalue weighted by Gasteiger charge is -1.82. The van der Waals surface area contributed by atoms with Gasteiger partial charge >= 0.3 is 0 Å². The highest BCUT2D eigenvalue weighted by molar-refractivity contribution is 7.15. The second-order valence-electron chi connectivity index (χ2n) is 12.6. The fourth-order valence-electron chi connectivity index (χ4n) is 4.09. The number of aromatic amines is 1. The first-order valence-corrected chi connectivity index (χ1v) is 23.1. The van der Waals surface area contributed by atoms with E-state index in [2.05, 4.69) is 9.40 Å². The molecule has 0 atom stereocenters. The van der Waals surface area contributed by atoms with E-state index in [4.69, 9.17) is 8.83 Å². The molecule has 1 N–H and O–H groups in total. The van der Waals surface area contributed by atoms with Gasteiger partial charge in [0.25, 0.3) is 0 Å². The van der Waals surface area contributed by atoms with Gasteiger partial charge in [0.1, 0.15) is 18.3 Å². The smallest absolute Gasteiger partial charge is 0.194 e. The zero-order valence-corrected chi connectivity index (χ0v) is 40.9. The third-order valence-corrected chi connectivity index (χ3v) is 11.0. The number of hydrogen-bond acceptors (Lipinski definition) is 18. The molecule has 358 valence electrons. The van der Waals surface area contributed by atoms with E-state index >= 15 is 0 Å². The predicted octanol–water partition coefficient (Wildman–Crippen LogP) is 12.1. The Labute approximate surface area is 412 Å². The minimum Gasteiger partial charge on any atom is -0.472 e. The summed E-state index contributed by atoms with van der Waals surface area (Å²) in [7, 11) is 0. The molecule has 0 saturated carbocycles. The van der Waals surface area contributed by atoms with E-state index in [1.165, 1.54) is 92.4 Å². The Bertz CT molecular complexity index is 2580. The van der Waals surface area contributed by atoms with Crippen LogP contribution in [0.2, 0.25) is 0 Å². The van der Waals surface area contributed by atoms with Crippen LogP contribution in [0.5, 0.6) is 0 Å². The monoisotopic (exact) mass is 1010 g/mol.